The average Bonchev–Trinajstić information content (AvgIpc) is 0.811. The van der Waals surface area contributed by atoms with E-state index in [1.165, 1.54) is 0 Å². The molecule has 0 unspecified atom stereocenters. The Labute approximate surface area is 36.1 Å². The van der Waals surface area contributed by atoms with Crippen molar-refractivity contribution in [3.05, 3.63) is 0 Å². The number of aliphatic hydroxyl groups is 1. The van der Waals surface area contributed by atoms with E-state index < -0.39 is 0 Å². The van der Waals surface area contributed by atoms with Gasteiger partial charge in [-0.05, 0) is 0 Å². The van der Waals surface area contributed by atoms with Crippen LogP contribution in [0.4, 0.5) is 0 Å². The predicted octanol–water partition coefficient (Wildman–Crippen LogP) is 0.0555. The van der Waals surface area contributed by atoms with Crippen molar-refractivity contribution in [3.63, 3.8) is 0 Å². The fourth-order valence-electron chi connectivity index (χ4n) is 0. The molecule has 0 aromatic heterocycles. The van der Waals surface area contributed by atoms with Gasteiger partial charge in [0.15, 0.2) is 0 Å². The molecule has 0 aliphatic rings. The van der Waals surface area contributed by atoms with Crippen molar-refractivity contribution < 1.29 is 24.5 Å². The Morgan fingerprint density at radius 3 is 2.00 bits per heavy atom. The summed E-state index contributed by atoms with van der Waals surface area (Å²) in [5.74, 6) is 0. The summed E-state index contributed by atoms with van der Waals surface area (Å²) in [6.45, 7) is 1.68. The number of hydrogen-bond donors (Lipinski definition) is 1. The molecule has 4 heavy (non-hydrogen) atoms. The molecule has 0 aromatic rings. The van der Waals surface area contributed by atoms with Crippen LogP contribution >= 0.6 is 0 Å². The maximum absolute atomic E-state index is 8.01. The van der Waals surface area contributed by atoms with E-state index in [2.05, 4.69) is 0 Å². The van der Waals surface area contributed by atoms with Gasteiger partial charge in [-0.1, -0.05) is 0 Å². The van der Waals surface area contributed by atoms with E-state index in [0.717, 1.165) is 19.4 Å². The van der Waals surface area contributed by atoms with Gasteiger partial charge in [0, 0.05) is 0 Å². The normalized spacial score (nSPS) is 6.50. The molecule has 2 heteroatoms. The Balaban J connectivity index is 2.80. The van der Waals surface area contributed by atoms with Crippen LogP contribution in [0, 0.1) is 0 Å². The zero-order valence-electron chi connectivity index (χ0n) is 2.36. The zero-order chi connectivity index (χ0) is 3.58. The van der Waals surface area contributed by atoms with Crippen LogP contribution in [0.3, 0.4) is 0 Å². The number of aliphatic hydroxyl groups excluding tert-OH is 1. The van der Waals surface area contributed by atoms with Gasteiger partial charge in [0.2, 0.25) is 0 Å². The second-order valence-corrected chi connectivity index (χ2v) is 2.64. The molecule has 0 atom stereocenters. The molecule has 0 radical (unpaired) electrons. The quantitative estimate of drug-likeness (QED) is 0.621. The summed E-state index contributed by atoms with van der Waals surface area (Å²) < 4.78 is 0.500. The van der Waals surface area contributed by atoms with Gasteiger partial charge in [-0.3, -0.25) is 0 Å². The average molecular weight is 228 g/mol. The molecule has 0 aliphatic heterocycles. The molecule has 1 nitrogen and oxygen atoms in total. The minimum atomic E-state index is 0.500. The van der Waals surface area contributed by atoms with E-state index in [1.807, 2.05) is 0 Å². The van der Waals surface area contributed by atoms with E-state index in [9.17, 15) is 0 Å². The van der Waals surface area contributed by atoms with E-state index in [1.54, 1.807) is 6.92 Å². The standard InChI is InChI=1S/C2H4O.W/c1-2-3;/h3H,1H3;. The first-order valence-electron chi connectivity index (χ1n) is 0.928. The van der Waals surface area contributed by atoms with Gasteiger partial charge in [-0.15, -0.1) is 0 Å². The Morgan fingerprint density at radius 2 is 2.00 bits per heavy atom. The summed E-state index contributed by atoms with van der Waals surface area (Å²) >= 11 is 1.15. The molecule has 0 aromatic carbocycles. The van der Waals surface area contributed by atoms with E-state index in [4.69, 9.17) is 5.11 Å². The summed E-state index contributed by atoms with van der Waals surface area (Å²) in [5.41, 5.74) is 0. The van der Waals surface area contributed by atoms with E-state index >= 15 is 0 Å². The zero-order valence-corrected chi connectivity index (χ0v) is 5.29. The first-order chi connectivity index (χ1) is 1.73. The summed E-state index contributed by atoms with van der Waals surface area (Å²) in [6, 6.07) is 0. The Hall–Kier alpha value is 0.518. The third kappa shape index (κ3) is 21.6. The SMILES string of the molecule is C[C](O)=[W]. The molecule has 0 saturated carbocycles. The molecule has 0 fully saturated rings. The van der Waals surface area contributed by atoms with Crippen molar-refractivity contribution in [2.45, 2.75) is 6.92 Å². The first kappa shape index (κ1) is 4.52. The Morgan fingerprint density at radius 1 is 2.00 bits per heavy atom. The fraction of sp³-hybridized carbons (Fsp3) is 0.500. The van der Waals surface area contributed by atoms with Crippen LogP contribution in [0.25, 0.3) is 0 Å². The molecule has 0 amide bonds. The fourth-order valence-corrected chi connectivity index (χ4v) is 0. The molecule has 0 rings (SSSR count). The van der Waals surface area contributed by atoms with Gasteiger partial charge in [0.25, 0.3) is 0 Å². The van der Waals surface area contributed by atoms with Crippen LogP contribution < -0.4 is 0 Å². The number of hydrogen-bond acceptors (Lipinski definition) is 1. The van der Waals surface area contributed by atoms with E-state index in [0.29, 0.717) is 4.08 Å². The summed E-state index contributed by atoms with van der Waals surface area (Å²) in [5, 5.41) is 8.01. The van der Waals surface area contributed by atoms with Crippen LogP contribution in [0.15, 0.2) is 0 Å². The van der Waals surface area contributed by atoms with Crippen LogP contribution in [-0.4, -0.2) is 9.19 Å². The van der Waals surface area contributed by atoms with Gasteiger partial charge >= 0.3 is 35.5 Å². The monoisotopic (exact) mass is 228 g/mol. The molecule has 0 heterocycles. The van der Waals surface area contributed by atoms with Crippen LogP contribution in [-0.2, 0) is 19.4 Å². The molecular weight excluding hydrogens is 224 g/mol. The van der Waals surface area contributed by atoms with Crippen molar-refractivity contribution in [1.82, 2.24) is 0 Å². The molecule has 24 valence electrons. The van der Waals surface area contributed by atoms with E-state index in [-0.39, 0.29) is 0 Å². The second kappa shape index (κ2) is 1.80. The number of rotatable bonds is 0. The van der Waals surface area contributed by atoms with Crippen molar-refractivity contribution in [1.29, 1.82) is 0 Å². The Kier molecular flexibility index (Phi) is 2.04. The molecule has 0 spiro atoms. The van der Waals surface area contributed by atoms with Gasteiger partial charge in [-0.25, -0.2) is 0 Å². The van der Waals surface area contributed by atoms with Gasteiger partial charge < -0.3 is 0 Å². The van der Waals surface area contributed by atoms with Crippen LogP contribution in [0.1, 0.15) is 6.92 Å². The third-order valence-corrected chi connectivity index (χ3v) is 0. The molecule has 0 aliphatic carbocycles. The van der Waals surface area contributed by atoms with Crippen molar-refractivity contribution in [3.8, 4) is 0 Å². The Bertz CT molecular complexity index is 29.0. The van der Waals surface area contributed by atoms with Crippen molar-refractivity contribution in [2.75, 3.05) is 0 Å². The summed E-state index contributed by atoms with van der Waals surface area (Å²) in [6.07, 6.45) is 0. The third-order valence-electron chi connectivity index (χ3n) is 0. The summed E-state index contributed by atoms with van der Waals surface area (Å²) in [4.78, 5) is 0. The second-order valence-electron chi connectivity index (χ2n) is 0.519. The topological polar surface area (TPSA) is 20.2 Å². The predicted molar refractivity (Wildman–Crippen MR) is 12.6 cm³/mol. The van der Waals surface area contributed by atoms with Gasteiger partial charge in [0.1, 0.15) is 0 Å². The van der Waals surface area contributed by atoms with Crippen molar-refractivity contribution in [2.24, 2.45) is 0 Å². The molecule has 0 saturated heterocycles. The maximum atomic E-state index is 8.01. The van der Waals surface area contributed by atoms with Gasteiger partial charge in [0.05, 0.1) is 0 Å². The molecule has 1 N–H and O–H groups in total. The van der Waals surface area contributed by atoms with Gasteiger partial charge in [-0.2, -0.15) is 0 Å². The van der Waals surface area contributed by atoms with Crippen LogP contribution in [0.5, 0.6) is 0 Å². The molecule has 0 bridgehead atoms. The summed E-state index contributed by atoms with van der Waals surface area (Å²) in [7, 11) is 0. The van der Waals surface area contributed by atoms with Crippen molar-refractivity contribution >= 4 is 4.08 Å². The molecular formula is C2H4OW. The minimum absolute atomic E-state index is 0.500. The first-order valence-corrected chi connectivity index (χ1v) is 2.39. The van der Waals surface area contributed by atoms with Crippen LogP contribution in [0.2, 0.25) is 0 Å².